The van der Waals surface area contributed by atoms with Crippen molar-refractivity contribution in [2.75, 3.05) is 11.9 Å². The molecule has 2 rings (SSSR count). The number of rotatable bonds is 5. The van der Waals surface area contributed by atoms with E-state index in [1.807, 2.05) is 0 Å². The predicted molar refractivity (Wildman–Crippen MR) is 80.1 cm³/mol. The van der Waals surface area contributed by atoms with Gasteiger partial charge in [-0.3, -0.25) is 4.79 Å². The number of urea groups is 1. The minimum atomic E-state index is -0.904. The first kappa shape index (κ1) is 15.7. The Balaban J connectivity index is 1.79. The lowest BCUT2D eigenvalue weighted by molar-refractivity contribution is 0.151. The summed E-state index contributed by atoms with van der Waals surface area (Å²) in [6.45, 7) is 0.0604. The number of halogens is 1. The van der Waals surface area contributed by atoms with Crippen molar-refractivity contribution in [1.82, 2.24) is 9.88 Å². The zero-order chi connectivity index (χ0) is 15.9. The molecule has 0 aliphatic carbocycles. The second-order valence-corrected chi connectivity index (χ2v) is 4.69. The Hall–Kier alpha value is -2.67. The number of aromatic nitrogens is 1. The van der Waals surface area contributed by atoms with Crippen molar-refractivity contribution in [3.05, 3.63) is 64.8 Å². The monoisotopic (exact) mass is 305 g/mol. The third kappa shape index (κ3) is 4.71. The van der Waals surface area contributed by atoms with Crippen LogP contribution >= 0.6 is 0 Å². The largest absolute Gasteiger partial charge is 0.389 e. The van der Waals surface area contributed by atoms with E-state index >= 15 is 0 Å². The van der Waals surface area contributed by atoms with E-state index in [0.29, 0.717) is 5.69 Å². The second-order valence-electron chi connectivity index (χ2n) is 4.69. The molecule has 2 amide bonds. The number of benzene rings is 1. The van der Waals surface area contributed by atoms with Crippen molar-refractivity contribution in [3.8, 4) is 0 Å². The standard InChI is InChI=1S/C15H16FN3O3/c16-11-4-6-12(7-5-11)18-15(22)17-9-13(20)10-19-8-2-1-3-14(19)21/h1-8,13,20H,9-10H2,(H2,17,18,22). The molecule has 0 bridgehead atoms. The minimum Gasteiger partial charge on any atom is -0.389 e. The summed E-state index contributed by atoms with van der Waals surface area (Å²) in [6, 6.07) is 9.47. The van der Waals surface area contributed by atoms with E-state index in [2.05, 4.69) is 10.6 Å². The van der Waals surface area contributed by atoms with Gasteiger partial charge in [0.05, 0.1) is 12.6 Å². The Morgan fingerprint density at radius 2 is 1.95 bits per heavy atom. The molecular formula is C15H16FN3O3. The van der Waals surface area contributed by atoms with E-state index in [-0.39, 0.29) is 18.6 Å². The van der Waals surface area contributed by atoms with Crippen LogP contribution in [-0.2, 0) is 6.54 Å². The van der Waals surface area contributed by atoms with Crippen LogP contribution in [-0.4, -0.2) is 28.4 Å². The molecule has 0 saturated heterocycles. The van der Waals surface area contributed by atoms with Gasteiger partial charge in [-0.25, -0.2) is 9.18 Å². The number of nitrogens with zero attached hydrogens (tertiary/aromatic N) is 1. The number of pyridine rings is 1. The molecular weight excluding hydrogens is 289 g/mol. The van der Waals surface area contributed by atoms with Gasteiger partial charge >= 0.3 is 6.03 Å². The fourth-order valence-corrected chi connectivity index (χ4v) is 1.82. The van der Waals surface area contributed by atoms with Crippen LogP contribution < -0.4 is 16.2 Å². The maximum atomic E-state index is 12.7. The quantitative estimate of drug-likeness (QED) is 0.775. The SMILES string of the molecule is O=C(NCC(O)Cn1ccccc1=O)Nc1ccc(F)cc1. The zero-order valence-electron chi connectivity index (χ0n) is 11.7. The number of amides is 2. The Morgan fingerprint density at radius 3 is 2.64 bits per heavy atom. The first-order valence-electron chi connectivity index (χ1n) is 6.68. The normalized spacial score (nSPS) is 11.7. The van der Waals surface area contributed by atoms with Crippen molar-refractivity contribution in [2.45, 2.75) is 12.6 Å². The lowest BCUT2D eigenvalue weighted by Gasteiger charge is -2.14. The number of aliphatic hydroxyl groups excluding tert-OH is 1. The predicted octanol–water partition coefficient (Wildman–Crippen LogP) is 1.17. The van der Waals surface area contributed by atoms with E-state index in [1.165, 1.54) is 34.9 Å². The number of aliphatic hydroxyl groups is 1. The van der Waals surface area contributed by atoms with Crippen molar-refractivity contribution >= 4 is 11.7 Å². The van der Waals surface area contributed by atoms with Gasteiger partial charge in [-0.05, 0) is 30.3 Å². The molecule has 6 nitrogen and oxygen atoms in total. The van der Waals surface area contributed by atoms with E-state index in [1.54, 1.807) is 18.3 Å². The maximum Gasteiger partial charge on any atom is 0.319 e. The molecule has 0 saturated carbocycles. The number of carbonyl (C=O) groups excluding carboxylic acids is 1. The summed E-state index contributed by atoms with van der Waals surface area (Å²) >= 11 is 0. The summed E-state index contributed by atoms with van der Waals surface area (Å²) in [7, 11) is 0. The maximum absolute atomic E-state index is 12.7. The molecule has 2 aromatic rings. The molecule has 7 heteroatoms. The molecule has 0 aliphatic rings. The van der Waals surface area contributed by atoms with Gasteiger partial charge in [0.2, 0.25) is 0 Å². The Morgan fingerprint density at radius 1 is 1.23 bits per heavy atom. The van der Waals surface area contributed by atoms with Gasteiger partial charge in [-0.15, -0.1) is 0 Å². The average Bonchev–Trinajstić information content (AvgIpc) is 2.50. The van der Waals surface area contributed by atoms with Gasteiger partial charge in [-0.1, -0.05) is 6.07 Å². The number of carbonyl (C=O) groups is 1. The van der Waals surface area contributed by atoms with Gasteiger partial charge < -0.3 is 20.3 Å². The number of hydrogen-bond donors (Lipinski definition) is 3. The Kier molecular flexibility index (Phi) is 5.26. The molecule has 1 aromatic heterocycles. The molecule has 0 spiro atoms. The molecule has 22 heavy (non-hydrogen) atoms. The fraction of sp³-hybridized carbons (Fsp3) is 0.200. The third-order valence-corrected chi connectivity index (χ3v) is 2.91. The molecule has 3 N–H and O–H groups in total. The zero-order valence-corrected chi connectivity index (χ0v) is 11.7. The highest BCUT2D eigenvalue weighted by molar-refractivity contribution is 5.89. The van der Waals surface area contributed by atoms with E-state index in [0.717, 1.165) is 0 Å². The highest BCUT2D eigenvalue weighted by Gasteiger charge is 2.08. The molecule has 1 aromatic carbocycles. The lowest BCUT2D eigenvalue weighted by atomic mass is 10.3. The fourth-order valence-electron chi connectivity index (χ4n) is 1.82. The van der Waals surface area contributed by atoms with Crippen molar-refractivity contribution in [2.24, 2.45) is 0 Å². The van der Waals surface area contributed by atoms with E-state index in [9.17, 15) is 19.1 Å². The van der Waals surface area contributed by atoms with Gasteiger partial charge in [-0.2, -0.15) is 0 Å². The summed E-state index contributed by atoms with van der Waals surface area (Å²) in [5.41, 5.74) is 0.213. The van der Waals surface area contributed by atoms with Crippen LogP contribution in [0.4, 0.5) is 14.9 Å². The third-order valence-electron chi connectivity index (χ3n) is 2.91. The van der Waals surface area contributed by atoms with Gasteiger partial charge in [0, 0.05) is 24.5 Å². The van der Waals surface area contributed by atoms with Crippen LogP contribution in [0, 0.1) is 5.82 Å². The minimum absolute atomic E-state index is 0.0195. The topological polar surface area (TPSA) is 83.4 Å². The molecule has 0 radical (unpaired) electrons. The van der Waals surface area contributed by atoms with Crippen LogP contribution in [0.2, 0.25) is 0 Å². The molecule has 1 heterocycles. The Labute approximate surface area is 126 Å². The van der Waals surface area contributed by atoms with Gasteiger partial charge in [0.25, 0.3) is 5.56 Å². The van der Waals surface area contributed by atoms with E-state index < -0.39 is 18.0 Å². The highest BCUT2D eigenvalue weighted by Crippen LogP contribution is 2.07. The van der Waals surface area contributed by atoms with Crippen LogP contribution in [0.3, 0.4) is 0 Å². The van der Waals surface area contributed by atoms with Crippen LogP contribution in [0.25, 0.3) is 0 Å². The molecule has 1 unspecified atom stereocenters. The summed E-state index contributed by atoms with van der Waals surface area (Å²) in [4.78, 5) is 23.1. The van der Waals surface area contributed by atoms with Crippen molar-refractivity contribution < 1.29 is 14.3 Å². The number of hydrogen-bond acceptors (Lipinski definition) is 3. The molecule has 0 fully saturated rings. The Bertz CT molecular complexity index is 685. The number of nitrogens with one attached hydrogen (secondary N) is 2. The first-order chi connectivity index (χ1) is 10.5. The highest BCUT2D eigenvalue weighted by atomic mass is 19.1. The second kappa shape index (κ2) is 7.37. The van der Waals surface area contributed by atoms with Crippen molar-refractivity contribution in [3.63, 3.8) is 0 Å². The van der Waals surface area contributed by atoms with E-state index in [4.69, 9.17) is 0 Å². The summed E-state index contributed by atoms with van der Waals surface area (Å²) < 4.78 is 14.1. The van der Waals surface area contributed by atoms with Crippen LogP contribution in [0.15, 0.2) is 53.5 Å². The average molecular weight is 305 g/mol. The summed E-state index contributed by atoms with van der Waals surface area (Å²) in [5.74, 6) is -0.394. The molecule has 1 atom stereocenters. The van der Waals surface area contributed by atoms with Gasteiger partial charge in [0.15, 0.2) is 0 Å². The lowest BCUT2D eigenvalue weighted by Crippen LogP contribution is -2.38. The molecule has 116 valence electrons. The number of anilines is 1. The van der Waals surface area contributed by atoms with Crippen molar-refractivity contribution in [1.29, 1.82) is 0 Å². The smallest absolute Gasteiger partial charge is 0.319 e. The van der Waals surface area contributed by atoms with Crippen LogP contribution in [0.5, 0.6) is 0 Å². The summed E-state index contributed by atoms with van der Waals surface area (Å²) in [5, 5.41) is 14.8. The van der Waals surface area contributed by atoms with Crippen LogP contribution in [0.1, 0.15) is 0 Å². The first-order valence-corrected chi connectivity index (χ1v) is 6.68. The molecule has 0 aliphatic heterocycles. The summed E-state index contributed by atoms with van der Waals surface area (Å²) in [6.07, 6.45) is 0.656. The van der Waals surface area contributed by atoms with Gasteiger partial charge in [0.1, 0.15) is 5.82 Å².